The molecular weight excluding hydrogens is 242 g/mol. The van der Waals surface area contributed by atoms with Crippen molar-refractivity contribution < 1.29 is 0 Å². The molecule has 0 fully saturated rings. The number of fused-ring (bicyclic) bond motifs is 1. The van der Waals surface area contributed by atoms with E-state index in [9.17, 15) is 0 Å². The molecule has 2 rings (SSSR count). The van der Waals surface area contributed by atoms with Crippen molar-refractivity contribution in [2.45, 2.75) is 13.3 Å². The molecule has 4 heteroatoms. The maximum atomic E-state index is 8.97. The zero-order valence-corrected chi connectivity index (χ0v) is 10.8. The maximum Gasteiger partial charge on any atom is 0.114 e. The van der Waals surface area contributed by atoms with Gasteiger partial charge in [-0.25, -0.2) is 0 Å². The fraction of sp³-hybridized carbons (Fsp3) is 0.143. The second-order valence-corrected chi connectivity index (χ2v) is 4.41. The van der Waals surface area contributed by atoms with Gasteiger partial charge < -0.3 is 10.7 Å². The fourth-order valence-electron chi connectivity index (χ4n) is 1.97. The van der Waals surface area contributed by atoms with Crippen molar-refractivity contribution in [1.29, 1.82) is 5.26 Å². The van der Waals surface area contributed by atoms with Crippen molar-refractivity contribution in [2.24, 2.45) is 5.73 Å². The van der Waals surface area contributed by atoms with Gasteiger partial charge in [-0.1, -0.05) is 37.3 Å². The molecular formula is C14H13N3S. The summed E-state index contributed by atoms with van der Waals surface area (Å²) in [5, 5.41) is 10.1. The van der Waals surface area contributed by atoms with Crippen molar-refractivity contribution in [1.82, 2.24) is 4.98 Å². The lowest BCUT2D eigenvalue weighted by Gasteiger charge is -1.99. The molecule has 0 amide bonds. The first-order valence-corrected chi connectivity index (χ1v) is 6.08. The van der Waals surface area contributed by atoms with E-state index in [-0.39, 0.29) is 4.99 Å². The standard InChI is InChI=1S/C14H13N3S/c1-2-9-4-3-5-12-11(8-17-13(9)12)6-10(7-15)14(16)18/h3-6,8,17H,2H2,1H3,(H2,16,18). The van der Waals surface area contributed by atoms with E-state index in [0.717, 1.165) is 22.9 Å². The Hall–Kier alpha value is -2.12. The van der Waals surface area contributed by atoms with Gasteiger partial charge in [0.05, 0.1) is 5.57 Å². The van der Waals surface area contributed by atoms with Gasteiger partial charge in [0.15, 0.2) is 0 Å². The molecule has 1 aromatic carbocycles. The molecule has 3 nitrogen and oxygen atoms in total. The number of hydrogen-bond acceptors (Lipinski definition) is 2. The van der Waals surface area contributed by atoms with Gasteiger partial charge in [0, 0.05) is 22.7 Å². The van der Waals surface area contributed by atoms with Gasteiger partial charge in [-0.2, -0.15) is 5.26 Å². The summed E-state index contributed by atoms with van der Waals surface area (Å²) >= 11 is 4.84. The Bertz CT molecular complexity index is 674. The Balaban J connectivity index is 2.61. The van der Waals surface area contributed by atoms with E-state index in [4.69, 9.17) is 23.2 Å². The Morgan fingerprint density at radius 3 is 2.94 bits per heavy atom. The van der Waals surface area contributed by atoms with Crippen LogP contribution in [0.2, 0.25) is 0 Å². The largest absolute Gasteiger partial charge is 0.389 e. The molecule has 90 valence electrons. The molecule has 3 N–H and O–H groups in total. The molecule has 0 bridgehead atoms. The molecule has 0 aliphatic carbocycles. The van der Waals surface area contributed by atoms with Gasteiger partial charge in [0.1, 0.15) is 11.1 Å². The van der Waals surface area contributed by atoms with E-state index in [1.165, 1.54) is 5.56 Å². The van der Waals surface area contributed by atoms with Crippen LogP contribution in [-0.2, 0) is 6.42 Å². The van der Waals surface area contributed by atoms with Crippen LogP contribution in [0.1, 0.15) is 18.1 Å². The summed E-state index contributed by atoms with van der Waals surface area (Å²) in [7, 11) is 0. The van der Waals surface area contributed by atoms with Crippen LogP contribution < -0.4 is 5.73 Å². The average Bonchev–Trinajstić information content (AvgIpc) is 2.78. The lowest BCUT2D eigenvalue weighted by atomic mass is 10.1. The molecule has 0 saturated carbocycles. The first-order valence-electron chi connectivity index (χ1n) is 5.68. The molecule has 0 aliphatic heterocycles. The Morgan fingerprint density at radius 2 is 2.33 bits per heavy atom. The van der Waals surface area contributed by atoms with Crippen LogP contribution in [0.4, 0.5) is 0 Å². The van der Waals surface area contributed by atoms with Crippen LogP contribution in [0.15, 0.2) is 30.0 Å². The number of aromatic amines is 1. The van der Waals surface area contributed by atoms with Gasteiger partial charge in [-0.05, 0) is 18.1 Å². The van der Waals surface area contributed by atoms with E-state index >= 15 is 0 Å². The fourth-order valence-corrected chi connectivity index (χ4v) is 2.07. The normalized spacial score (nSPS) is 11.4. The number of nitriles is 1. The third kappa shape index (κ3) is 2.13. The van der Waals surface area contributed by atoms with Gasteiger partial charge in [-0.15, -0.1) is 0 Å². The predicted octanol–water partition coefficient (Wildman–Crippen LogP) is 2.92. The molecule has 0 radical (unpaired) electrons. The number of aromatic nitrogens is 1. The van der Waals surface area contributed by atoms with Crippen molar-refractivity contribution in [3.05, 3.63) is 41.1 Å². The predicted molar refractivity (Wildman–Crippen MR) is 78.1 cm³/mol. The highest BCUT2D eigenvalue weighted by Crippen LogP contribution is 2.24. The zero-order chi connectivity index (χ0) is 13.1. The van der Waals surface area contributed by atoms with Crippen molar-refractivity contribution >= 4 is 34.2 Å². The van der Waals surface area contributed by atoms with Crippen LogP contribution in [0, 0.1) is 11.3 Å². The molecule has 1 aromatic heterocycles. The molecule has 0 aliphatic rings. The highest BCUT2D eigenvalue weighted by Gasteiger charge is 2.06. The number of thiocarbonyl (C=S) groups is 1. The maximum absolute atomic E-state index is 8.97. The third-order valence-corrected chi connectivity index (χ3v) is 3.12. The van der Waals surface area contributed by atoms with Crippen LogP contribution >= 0.6 is 12.2 Å². The van der Waals surface area contributed by atoms with E-state index in [1.807, 2.05) is 24.4 Å². The first-order chi connectivity index (χ1) is 8.67. The van der Waals surface area contributed by atoms with Gasteiger partial charge >= 0.3 is 0 Å². The number of H-pyrrole nitrogens is 1. The van der Waals surface area contributed by atoms with Crippen molar-refractivity contribution in [3.63, 3.8) is 0 Å². The highest BCUT2D eigenvalue weighted by molar-refractivity contribution is 7.80. The number of benzene rings is 1. The van der Waals surface area contributed by atoms with Gasteiger partial charge in [0.25, 0.3) is 0 Å². The molecule has 0 saturated heterocycles. The summed E-state index contributed by atoms with van der Waals surface area (Å²) < 4.78 is 0. The van der Waals surface area contributed by atoms with E-state index in [0.29, 0.717) is 5.57 Å². The highest BCUT2D eigenvalue weighted by atomic mass is 32.1. The smallest absolute Gasteiger partial charge is 0.114 e. The summed E-state index contributed by atoms with van der Waals surface area (Å²) in [6.07, 6.45) is 4.56. The zero-order valence-electron chi connectivity index (χ0n) is 10.0. The van der Waals surface area contributed by atoms with E-state index in [2.05, 4.69) is 18.0 Å². The number of rotatable bonds is 3. The molecule has 0 atom stereocenters. The summed E-state index contributed by atoms with van der Waals surface area (Å²) in [4.78, 5) is 3.36. The van der Waals surface area contributed by atoms with Crippen LogP contribution in [0.5, 0.6) is 0 Å². The second kappa shape index (κ2) is 5.03. The lowest BCUT2D eigenvalue weighted by molar-refractivity contribution is 1.15. The van der Waals surface area contributed by atoms with Crippen LogP contribution in [0.3, 0.4) is 0 Å². The Kier molecular flexibility index (Phi) is 3.45. The molecule has 1 heterocycles. The number of nitrogens with zero attached hydrogens (tertiary/aromatic N) is 1. The average molecular weight is 255 g/mol. The number of nitrogens with one attached hydrogen (secondary N) is 1. The first kappa shape index (κ1) is 12.3. The number of nitrogens with two attached hydrogens (primary N) is 1. The monoisotopic (exact) mass is 255 g/mol. The summed E-state index contributed by atoms with van der Waals surface area (Å²) in [5.41, 5.74) is 9.11. The summed E-state index contributed by atoms with van der Waals surface area (Å²) in [6.45, 7) is 2.11. The van der Waals surface area contributed by atoms with Crippen molar-refractivity contribution in [3.8, 4) is 6.07 Å². The lowest BCUT2D eigenvalue weighted by Crippen LogP contribution is -2.09. The number of hydrogen-bond donors (Lipinski definition) is 2. The minimum atomic E-state index is 0.124. The van der Waals surface area contributed by atoms with Gasteiger partial charge in [-0.3, -0.25) is 0 Å². The quantitative estimate of drug-likeness (QED) is 0.503. The van der Waals surface area contributed by atoms with E-state index in [1.54, 1.807) is 6.08 Å². The van der Waals surface area contributed by atoms with Crippen LogP contribution in [-0.4, -0.2) is 9.97 Å². The number of aryl methyl sites for hydroxylation is 1. The van der Waals surface area contributed by atoms with E-state index < -0.39 is 0 Å². The number of para-hydroxylation sites is 1. The van der Waals surface area contributed by atoms with Crippen molar-refractivity contribution in [2.75, 3.05) is 0 Å². The minimum Gasteiger partial charge on any atom is -0.389 e. The molecule has 0 spiro atoms. The molecule has 2 aromatic rings. The summed E-state index contributed by atoms with van der Waals surface area (Å²) in [5.74, 6) is 0. The minimum absolute atomic E-state index is 0.124. The SMILES string of the molecule is CCc1cccc2c(C=C(C#N)C(N)=S)c[nH]c12. The molecule has 18 heavy (non-hydrogen) atoms. The van der Waals surface area contributed by atoms with Gasteiger partial charge in [0.2, 0.25) is 0 Å². The second-order valence-electron chi connectivity index (χ2n) is 3.97. The Morgan fingerprint density at radius 1 is 1.56 bits per heavy atom. The Labute approximate surface area is 111 Å². The van der Waals surface area contributed by atoms with Crippen LogP contribution in [0.25, 0.3) is 17.0 Å². The molecule has 0 unspecified atom stereocenters. The third-order valence-electron chi connectivity index (χ3n) is 2.90. The topological polar surface area (TPSA) is 65.6 Å². The summed E-state index contributed by atoms with van der Waals surface area (Å²) in [6, 6.07) is 8.13.